The van der Waals surface area contributed by atoms with E-state index in [1.165, 1.54) is 0 Å². The Hall–Kier alpha value is -0.870. The van der Waals surface area contributed by atoms with Crippen LogP contribution in [0.5, 0.6) is 0 Å². The Morgan fingerprint density at radius 1 is 1.35 bits per heavy atom. The van der Waals surface area contributed by atoms with Gasteiger partial charge in [0.05, 0.1) is 11.7 Å². The fourth-order valence-electron chi connectivity index (χ4n) is 1.58. The summed E-state index contributed by atoms with van der Waals surface area (Å²) in [6, 6.07) is 3.52. The van der Waals surface area contributed by atoms with Crippen molar-refractivity contribution in [2.45, 2.75) is 33.7 Å². The number of nitrogens with two attached hydrogens (primary N) is 1. The minimum absolute atomic E-state index is 0.125. The molecule has 1 aromatic rings. The second-order valence-corrected chi connectivity index (χ2v) is 5.55. The number of aryl methyl sites for hydroxylation is 2. The van der Waals surface area contributed by atoms with Crippen LogP contribution in [0.15, 0.2) is 16.6 Å². The number of hydrogen-bond donors (Lipinski definition) is 2. The molecule has 1 atom stereocenters. The van der Waals surface area contributed by atoms with E-state index >= 15 is 0 Å². The van der Waals surface area contributed by atoms with E-state index in [1.54, 1.807) is 0 Å². The van der Waals surface area contributed by atoms with Crippen LogP contribution in [0.4, 0.5) is 5.69 Å². The Labute approximate surface area is 111 Å². The van der Waals surface area contributed by atoms with Crippen LogP contribution >= 0.6 is 15.9 Å². The average Bonchev–Trinajstić information content (AvgIpc) is 2.21. The van der Waals surface area contributed by atoms with Crippen molar-refractivity contribution in [2.75, 3.05) is 5.32 Å². The number of anilines is 1. The normalized spacial score (nSPS) is 12.6. The van der Waals surface area contributed by atoms with Gasteiger partial charge in [-0.1, -0.05) is 19.9 Å². The van der Waals surface area contributed by atoms with Gasteiger partial charge in [0.2, 0.25) is 5.91 Å². The predicted octanol–water partition coefficient (Wildman–Crippen LogP) is 2.99. The van der Waals surface area contributed by atoms with E-state index in [1.807, 2.05) is 39.8 Å². The first kappa shape index (κ1) is 14.2. The van der Waals surface area contributed by atoms with Gasteiger partial charge in [0.1, 0.15) is 0 Å². The molecule has 17 heavy (non-hydrogen) atoms. The van der Waals surface area contributed by atoms with Crippen LogP contribution in [-0.4, -0.2) is 11.9 Å². The molecule has 0 aliphatic carbocycles. The monoisotopic (exact) mass is 298 g/mol. The molecule has 0 spiro atoms. The Balaban J connectivity index is 2.93. The highest BCUT2D eigenvalue weighted by Gasteiger charge is 2.18. The van der Waals surface area contributed by atoms with Crippen LogP contribution in [-0.2, 0) is 4.79 Å². The molecule has 94 valence electrons. The van der Waals surface area contributed by atoms with E-state index < -0.39 is 6.04 Å². The van der Waals surface area contributed by atoms with Crippen molar-refractivity contribution in [3.63, 3.8) is 0 Å². The smallest absolute Gasteiger partial charge is 0.241 e. The lowest BCUT2D eigenvalue weighted by Crippen LogP contribution is -2.40. The van der Waals surface area contributed by atoms with E-state index in [0.717, 1.165) is 21.3 Å². The number of rotatable bonds is 3. The number of benzene rings is 1. The van der Waals surface area contributed by atoms with Crippen LogP contribution in [0.1, 0.15) is 25.0 Å². The number of nitrogens with one attached hydrogen (secondary N) is 1. The van der Waals surface area contributed by atoms with Crippen molar-refractivity contribution in [3.05, 3.63) is 27.7 Å². The maximum Gasteiger partial charge on any atom is 0.241 e. The minimum Gasteiger partial charge on any atom is -0.323 e. The van der Waals surface area contributed by atoms with Crippen molar-refractivity contribution >= 4 is 27.5 Å². The van der Waals surface area contributed by atoms with Crippen molar-refractivity contribution in [3.8, 4) is 0 Å². The van der Waals surface area contributed by atoms with Gasteiger partial charge in [-0.3, -0.25) is 4.79 Å². The molecule has 3 N–H and O–H groups in total. The standard InChI is InChI=1S/C13H19BrN2O/c1-7(2)11(15)13(17)16-12-9(4)5-8(3)6-10(12)14/h5-7,11H,15H2,1-4H3,(H,16,17)/t11-/m1/s1. The summed E-state index contributed by atoms with van der Waals surface area (Å²) in [5.74, 6) is -0.0211. The molecule has 4 heteroatoms. The molecular formula is C13H19BrN2O. The van der Waals surface area contributed by atoms with Crippen molar-refractivity contribution < 1.29 is 4.79 Å². The molecule has 0 aliphatic rings. The summed E-state index contributed by atoms with van der Waals surface area (Å²) < 4.78 is 0.888. The topological polar surface area (TPSA) is 55.1 Å². The summed E-state index contributed by atoms with van der Waals surface area (Å²) in [7, 11) is 0. The van der Waals surface area contributed by atoms with E-state index in [4.69, 9.17) is 5.73 Å². The Morgan fingerprint density at radius 3 is 2.41 bits per heavy atom. The van der Waals surface area contributed by atoms with Crippen LogP contribution in [0.2, 0.25) is 0 Å². The summed E-state index contributed by atoms with van der Waals surface area (Å²) in [5, 5.41) is 2.88. The van der Waals surface area contributed by atoms with Gasteiger partial charge >= 0.3 is 0 Å². The molecule has 0 fully saturated rings. The summed E-state index contributed by atoms with van der Waals surface area (Å²) in [6.45, 7) is 7.85. The van der Waals surface area contributed by atoms with Crippen LogP contribution in [0, 0.1) is 19.8 Å². The highest BCUT2D eigenvalue weighted by atomic mass is 79.9. The molecule has 0 heterocycles. The number of amides is 1. The van der Waals surface area contributed by atoms with Gasteiger partial charge in [0.25, 0.3) is 0 Å². The lowest BCUT2D eigenvalue weighted by atomic mass is 10.0. The SMILES string of the molecule is Cc1cc(C)c(NC(=O)[C@H](N)C(C)C)c(Br)c1. The molecule has 0 aromatic heterocycles. The predicted molar refractivity (Wildman–Crippen MR) is 75.1 cm³/mol. The molecule has 3 nitrogen and oxygen atoms in total. The molecule has 0 radical (unpaired) electrons. The van der Waals surface area contributed by atoms with Gasteiger partial charge in [-0.25, -0.2) is 0 Å². The van der Waals surface area contributed by atoms with Gasteiger partial charge < -0.3 is 11.1 Å². The summed E-state index contributed by atoms with van der Waals surface area (Å²) in [6.07, 6.45) is 0. The third-order valence-corrected chi connectivity index (χ3v) is 3.33. The lowest BCUT2D eigenvalue weighted by molar-refractivity contribution is -0.118. The summed E-state index contributed by atoms with van der Waals surface area (Å²) >= 11 is 3.46. The number of carbonyl (C=O) groups is 1. The van der Waals surface area contributed by atoms with Crippen LogP contribution in [0.3, 0.4) is 0 Å². The highest BCUT2D eigenvalue weighted by molar-refractivity contribution is 9.10. The first-order chi connectivity index (χ1) is 7.82. The molecular weight excluding hydrogens is 280 g/mol. The van der Waals surface area contributed by atoms with Gasteiger partial charge in [0.15, 0.2) is 0 Å². The molecule has 0 bridgehead atoms. The number of halogens is 1. The zero-order valence-electron chi connectivity index (χ0n) is 10.7. The maximum absolute atomic E-state index is 11.9. The molecule has 0 unspecified atom stereocenters. The zero-order chi connectivity index (χ0) is 13.2. The van der Waals surface area contributed by atoms with E-state index in [-0.39, 0.29) is 11.8 Å². The Morgan fingerprint density at radius 2 is 1.94 bits per heavy atom. The lowest BCUT2D eigenvalue weighted by Gasteiger charge is -2.17. The van der Waals surface area contributed by atoms with Crippen LogP contribution in [0.25, 0.3) is 0 Å². The Bertz CT molecular complexity index is 406. The van der Waals surface area contributed by atoms with Crippen molar-refractivity contribution in [2.24, 2.45) is 11.7 Å². The van der Waals surface area contributed by atoms with Gasteiger partial charge in [0, 0.05) is 4.47 Å². The fourth-order valence-corrected chi connectivity index (χ4v) is 2.36. The molecule has 0 saturated heterocycles. The molecule has 1 aromatic carbocycles. The Kier molecular flexibility index (Phi) is 4.71. The van der Waals surface area contributed by atoms with Crippen molar-refractivity contribution in [1.29, 1.82) is 0 Å². The van der Waals surface area contributed by atoms with E-state index in [0.29, 0.717) is 0 Å². The largest absolute Gasteiger partial charge is 0.323 e. The molecule has 0 saturated carbocycles. The maximum atomic E-state index is 11.9. The molecule has 0 aliphatic heterocycles. The zero-order valence-corrected chi connectivity index (χ0v) is 12.3. The summed E-state index contributed by atoms with van der Waals surface area (Å²) in [4.78, 5) is 11.9. The second kappa shape index (κ2) is 5.65. The van der Waals surface area contributed by atoms with E-state index in [2.05, 4.69) is 21.2 Å². The quantitative estimate of drug-likeness (QED) is 0.901. The van der Waals surface area contributed by atoms with Gasteiger partial charge in [-0.2, -0.15) is 0 Å². The highest BCUT2D eigenvalue weighted by Crippen LogP contribution is 2.27. The van der Waals surface area contributed by atoms with Gasteiger partial charge in [-0.05, 0) is 52.9 Å². The molecule has 1 rings (SSSR count). The third-order valence-electron chi connectivity index (χ3n) is 2.70. The first-order valence-corrected chi connectivity index (χ1v) is 6.45. The average molecular weight is 299 g/mol. The first-order valence-electron chi connectivity index (χ1n) is 5.66. The van der Waals surface area contributed by atoms with Gasteiger partial charge in [-0.15, -0.1) is 0 Å². The van der Waals surface area contributed by atoms with Crippen LogP contribution < -0.4 is 11.1 Å². The molecule has 1 amide bonds. The summed E-state index contributed by atoms with van der Waals surface area (Å²) in [5.41, 5.74) is 8.80. The number of carbonyl (C=O) groups excluding carboxylic acids is 1. The van der Waals surface area contributed by atoms with Crippen molar-refractivity contribution in [1.82, 2.24) is 0 Å². The number of hydrogen-bond acceptors (Lipinski definition) is 2. The second-order valence-electron chi connectivity index (χ2n) is 4.70. The third kappa shape index (κ3) is 3.54. The fraction of sp³-hybridized carbons (Fsp3) is 0.462. The van der Waals surface area contributed by atoms with E-state index in [9.17, 15) is 4.79 Å². The minimum atomic E-state index is -0.484.